The van der Waals surface area contributed by atoms with Crippen LogP contribution in [0.15, 0.2) is 24.3 Å². The van der Waals surface area contributed by atoms with Crippen molar-refractivity contribution in [1.29, 1.82) is 5.26 Å². The van der Waals surface area contributed by atoms with Gasteiger partial charge in [0.15, 0.2) is 0 Å². The van der Waals surface area contributed by atoms with Crippen LogP contribution in [-0.2, 0) is 0 Å². The number of aromatic nitrogens is 4. The third-order valence-electron chi connectivity index (χ3n) is 1.62. The number of hydrogen-bond acceptors (Lipinski definition) is 4. The molecule has 0 aliphatic rings. The number of benzene rings is 1. The largest absolute Gasteiger partial charge is 0.257 e. The van der Waals surface area contributed by atoms with Gasteiger partial charge in [-0.15, -0.1) is 0 Å². The van der Waals surface area contributed by atoms with Gasteiger partial charge in [-0.1, -0.05) is 11.2 Å². The van der Waals surface area contributed by atoms with Gasteiger partial charge < -0.3 is 0 Å². The predicted molar refractivity (Wildman–Crippen MR) is 43.8 cm³/mol. The highest BCUT2D eigenvalue weighted by Gasteiger charge is 2.06. The van der Waals surface area contributed by atoms with Crippen LogP contribution in [0.5, 0.6) is 0 Å². The monoisotopic (exact) mass is 189 g/mol. The number of hydrogen-bond donors (Lipinski definition) is 0. The lowest BCUT2D eigenvalue weighted by molar-refractivity contribution is 0.624. The van der Waals surface area contributed by atoms with Gasteiger partial charge in [0.05, 0.1) is 5.69 Å². The molecule has 0 aliphatic carbocycles. The van der Waals surface area contributed by atoms with E-state index < -0.39 is 5.82 Å². The Morgan fingerprint density at radius 1 is 1.43 bits per heavy atom. The molecule has 5 nitrogen and oxygen atoms in total. The first kappa shape index (κ1) is 8.31. The summed E-state index contributed by atoms with van der Waals surface area (Å²) in [6, 6.07) is 7.48. The summed E-state index contributed by atoms with van der Waals surface area (Å²) in [7, 11) is 0. The summed E-state index contributed by atoms with van der Waals surface area (Å²) >= 11 is 0. The van der Waals surface area contributed by atoms with E-state index in [4.69, 9.17) is 5.26 Å². The molecule has 0 atom stereocenters. The summed E-state index contributed by atoms with van der Waals surface area (Å²) in [4.78, 5) is 0. The van der Waals surface area contributed by atoms with E-state index >= 15 is 0 Å². The van der Waals surface area contributed by atoms with Gasteiger partial charge in [-0.25, -0.2) is 4.39 Å². The van der Waals surface area contributed by atoms with Crippen molar-refractivity contribution < 1.29 is 4.39 Å². The van der Waals surface area contributed by atoms with Gasteiger partial charge in [-0.05, 0) is 28.6 Å². The third-order valence-corrected chi connectivity index (χ3v) is 1.62. The first-order valence-corrected chi connectivity index (χ1v) is 3.75. The second kappa shape index (κ2) is 3.22. The van der Waals surface area contributed by atoms with Gasteiger partial charge in [0.1, 0.15) is 11.9 Å². The number of nitriles is 1. The van der Waals surface area contributed by atoms with Crippen LogP contribution in [0.2, 0.25) is 0 Å². The molecule has 0 aliphatic heterocycles. The molecule has 0 saturated carbocycles. The molecule has 14 heavy (non-hydrogen) atoms. The molecular formula is C8H4FN5. The Bertz CT molecular complexity index is 498. The van der Waals surface area contributed by atoms with E-state index in [9.17, 15) is 4.39 Å². The van der Waals surface area contributed by atoms with Crippen molar-refractivity contribution in [3.63, 3.8) is 0 Å². The Kier molecular flexibility index (Phi) is 1.91. The summed E-state index contributed by atoms with van der Waals surface area (Å²) in [5, 5.41) is 19.0. The minimum Gasteiger partial charge on any atom is -0.207 e. The molecule has 0 amide bonds. The second-order valence-electron chi connectivity index (χ2n) is 2.51. The van der Waals surface area contributed by atoms with Crippen LogP contribution in [0.3, 0.4) is 0 Å². The zero-order valence-corrected chi connectivity index (χ0v) is 6.92. The lowest BCUT2D eigenvalue weighted by Gasteiger charge is -1.98. The van der Waals surface area contributed by atoms with Crippen LogP contribution in [-0.4, -0.2) is 20.2 Å². The maximum atomic E-state index is 12.8. The van der Waals surface area contributed by atoms with Gasteiger partial charge in [-0.3, -0.25) is 0 Å². The normalized spacial score (nSPS) is 9.71. The molecule has 1 aromatic heterocycles. The van der Waals surface area contributed by atoms with E-state index in [1.54, 1.807) is 12.1 Å². The molecule has 1 heterocycles. The SMILES string of the molecule is N#Cc1nnnn1-c1cccc(F)c1. The van der Waals surface area contributed by atoms with Crippen LogP contribution in [0.4, 0.5) is 4.39 Å². The van der Waals surface area contributed by atoms with Crippen molar-refractivity contribution in [1.82, 2.24) is 20.2 Å². The van der Waals surface area contributed by atoms with E-state index in [-0.39, 0.29) is 5.82 Å². The third kappa shape index (κ3) is 1.31. The molecule has 2 aromatic rings. The van der Waals surface area contributed by atoms with Crippen molar-refractivity contribution in [3.05, 3.63) is 35.9 Å². The molecule has 1 aromatic carbocycles. The highest BCUT2D eigenvalue weighted by atomic mass is 19.1. The lowest BCUT2D eigenvalue weighted by Crippen LogP contribution is -2.00. The summed E-state index contributed by atoms with van der Waals surface area (Å²) in [5.41, 5.74) is 0.423. The number of halogens is 1. The zero-order valence-electron chi connectivity index (χ0n) is 6.92. The Morgan fingerprint density at radius 2 is 2.29 bits per heavy atom. The Balaban J connectivity index is 2.56. The molecule has 0 bridgehead atoms. The maximum absolute atomic E-state index is 12.8. The smallest absolute Gasteiger partial charge is 0.207 e. The highest BCUT2D eigenvalue weighted by Crippen LogP contribution is 2.08. The Morgan fingerprint density at radius 3 is 3.00 bits per heavy atom. The van der Waals surface area contributed by atoms with Crippen molar-refractivity contribution in [2.75, 3.05) is 0 Å². The van der Waals surface area contributed by atoms with Gasteiger partial charge in [0.25, 0.3) is 5.82 Å². The quantitative estimate of drug-likeness (QED) is 0.661. The minimum absolute atomic E-state index is 0.0237. The average Bonchev–Trinajstić information content (AvgIpc) is 2.65. The Hall–Kier alpha value is -2.29. The fraction of sp³-hybridized carbons (Fsp3) is 0. The zero-order chi connectivity index (χ0) is 9.97. The molecule has 68 valence electrons. The first-order chi connectivity index (χ1) is 6.81. The van der Waals surface area contributed by atoms with Crippen LogP contribution < -0.4 is 0 Å². The minimum atomic E-state index is -0.401. The summed E-state index contributed by atoms with van der Waals surface area (Å²) < 4.78 is 14.0. The van der Waals surface area contributed by atoms with Crippen molar-refractivity contribution in [2.24, 2.45) is 0 Å². The number of tetrazole rings is 1. The summed E-state index contributed by atoms with van der Waals surface area (Å²) in [6.45, 7) is 0. The van der Waals surface area contributed by atoms with Crippen LogP contribution in [0.25, 0.3) is 5.69 Å². The molecule has 0 N–H and O–H groups in total. The molecule has 0 spiro atoms. The predicted octanol–water partition coefficient (Wildman–Crippen LogP) is 0.673. The topological polar surface area (TPSA) is 67.4 Å². The van der Waals surface area contributed by atoms with E-state index in [0.717, 1.165) is 0 Å². The number of nitrogens with zero attached hydrogens (tertiary/aromatic N) is 5. The summed E-state index contributed by atoms with van der Waals surface area (Å²) in [5.74, 6) is -0.377. The molecule has 0 saturated heterocycles. The van der Waals surface area contributed by atoms with E-state index in [0.29, 0.717) is 5.69 Å². The van der Waals surface area contributed by atoms with E-state index in [2.05, 4.69) is 15.5 Å². The van der Waals surface area contributed by atoms with Gasteiger partial charge in [0, 0.05) is 0 Å². The highest BCUT2D eigenvalue weighted by molar-refractivity contribution is 5.33. The van der Waals surface area contributed by atoms with Crippen molar-refractivity contribution in [2.45, 2.75) is 0 Å². The second-order valence-corrected chi connectivity index (χ2v) is 2.51. The van der Waals surface area contributed by atoms with Crippen LogP contribution in [0.1, 0.15) is 5.82 Å². The van der Waals surface area contributed by atoms with Gasteiger partial charge in [-0.2, -0.15) is 9.94 Å². The Labute approximate surface area is 78.4 Å². The van der Waals surface area contributed by atoms with Crippen molar-refractivity contribution in [3.8, 4) is 11.8 Å². The van der Waals surface area contributed by atoms with Gasteiger partial charge >= 0.3 is 0 Å². The molecule has 0 unspecified atom stereocenters. The summed E-state index contributed by atoms with van der Waals surface area (Å²) in [6.07, 6.45) is 0. The van der Waals surface area contributed by atoms with Crippen molar-refractivity contribution >= 4 is 0 Å². The van der Waals surface area contributed by atoms with E-state index in [1.165, 1.54) is 22.9 Å². The molecule has 2 rings (SSSR count). The van der Waals surface area contributed by atoms with Gasteiger partial charge in [0.2, 0.25) is 0 Å². The average molecular weight is 189 g/mol. The molecule has 0 radical (unpaired) electrons. The lowest BCUT2D eigenvalue weighted by atomic mass is 10.3. The standard InChI is InChI=1S/C8H4FN5/c9-6-2-1-3-7(4-6)14-8(5-10)11-12-13-14/h1-4H. The van der Waals surface area contributed by atoms with Crippen LogP contribution in [0, 0.1) is 17.1 Å². The first-order valence-electron chi connectivity index (χ1n) is 3.75. The fourth-order valence-electron chi connectivity index (χ4n) is 1.04. The van der Waals surface area contributed by atoms with E-state index in [1.807, 2.05) is 0 Å². The number of rotatable bonds is 1. The molecular weight excluding hydrogens is 185 g/mol. The molecule has 0 fully saturated rings. The fourth-order valence-corrected chi connectivity index (χ4v) is 1.04. The maximum Gasteiger partial charge on any atom is 0.257 e. The molecule has 6 heteroatoms. The van der Waals surface area contributed by atoms with Crippen LogP contribution >= 0.6 is 0 Å².